The van der Waals surface area contributed by atoms with Crippen molar-refractivity contribution < 1.29 is 5.11 Å². The Morgan fingerprint density at radius 3 is 2.57 bits per heavy atom. The van der Waals surface area contributed by atoms with Crippen LogP contribution < -0.4 is 5.32 Å². The predicted molar refractivity (Wildman–Crippen MR) is 62.1 cm³/mol. The van der Waals surface area contributed by atoms with Gasteiger partial charge in [-0.15, -0.1) is 0 Å². The molecule has 0 heterocycles. The molecule has 0 saturated carbocycles. The van der Waals surface area contributed by atoms with Crippen LogP contribution in [0.25, 0.3) is 0 Å². The monoisotopic (exact) mass is 257 g/mol. The lowest BCUT2D eigenvalue weighted by molar-refractivity contribution is 0.167. The molecule has 0 radical (unpaired) electrons. The molecular formula is C11H16BrNO. The van der Waals surface area contributed by atoms with E-state index in [1.807, 2.05) is 19.1 Å². The van der Waals surface area contributed by atoms with Gasteiger partial charge in [-0.05, 0) is 24.1 Å². The van der Waals surface area contributed by atoms with Crippen LogP contribution in [0.15, 0.2) is 28.7 Å². The van der Waals surface area contributed by atoms with Crippen molar-refractivity contribution in [1.29, 1.82) is 0 Å². The van der Waals surface area contributed by atoms with E-state index in [1.165, 1.54) is 5.56 Å². The van der Waals surface area contributed by atoms with Crippen LogP contribution in [0, 0.1) is 0 Å². The third-order valence-corrected chi connectivity index (χ3v) is 2.62. The highest BCUT2D eigenvalue weighted by atomic mass is 79.9. The SMILES string of the molecule is CCC(O)CNCc1ccc(Br)cc1. The smallest absolute Gasteiger partial charge is 0.0662 e. The van der Waals surface area contributed by atoms with E-state index in [0.29, 0.717) is 6.54 Å². The predicted octanol–water partition coefficient (Wildman–Crippen LogP) is 2.31. The lowest BCUT2D eigenvalue weighted by atomic mass is 10.2. The number of rotatable bonds is 5. The fraction of sp³-hybridized carbons (Fsp3) is 0.455. The van der Waals surface area contributed by atoms with E-state index < -0.39 is 0 Å². The maximum atomic E-state index is 9.31. The Hall–Kier alpha value is -0.380. The van der Waals surface area contributed by atoms with Crippen molar-refractivity contribution in [3.8, 4) is 0 Å². The van der Waals surface area contributed by atoms with Crippen LogP contribution in [0.1, 0.15) is 18.9 Å². The van der Waals surface area contributed by atoms with Gasteiger partial charge >= 0.3 is 0 Å². The summed E-state index contributed by atoms with van der Waals surface area (Å²) in [7, 11) is 0. The highest BCUT2D eigenvalue weighted by molar-refractivity contribution is 9.10. The Morgan fingerprint density at radius 1 is 1.36 bits per heavy atom. The summed E-state index contributed by atoms with van der Waals surface area (Å²) in [5.41, 5.74) is 1.23. The molecule has 0 aromatic heterocycles. The van der Waals surface area contributed by atoms with Crippen molar-refractivity contribution in [3.63, 3.8) is 0 Å². The van der Waals surface area contributed by atoms with Crippen molar-refractivity contribution in [3.05, 3.63) is 34.3 Å². The van der Waals surface area contributed by atoms with Gasteiger partial charge in [0.05, 0.1) is 6.10 Å². The Balaban J connectivity index is 2.28. The standard InChI is InChI=1S/C11H16BrNO/c1-2-11(14)8-13-7-9-3-5-10(12)6-4-9/h3-6,11,13-14H,2,7-8H2,1H3. The summed E-state index contributed by atoms with van der Waals surface area (Å²) in [6.07, 6.45) is 0.568. The maximum absolute atomic E-state index is 9.31. The molecule has 0 aliphatic rings. The molecule has 3 heteroatoms. The van der Waals surface area contributed by atoms with Gasteiger partial charge in [0.15, 0.2) is 0 Å². The van der Waals surface area contributed by atoms with Gasteiger partial charge in [0, 0.05) is 17.6 Å². The van der Waals surface area contributed by atoms with Crippen LogP contribution >= 0.6 is 15.9 Å². The Bertz CT molecular complexity index is 260. The fourth-order valence-corrected chi connectivity index (χ4v) is 1.39. The zero-order chi connectivity index (χ0) is 10.4. The van der Waals surface area contributed by atoms with E-state index in [9.17, 15) is 5.11 Å². The molecule has 1 rings (SSSR count). The molecule has 0 bridgehead atoms. The number of benzene rings is 1. The van der Waals surface area contributed by atoms with Crippen molar-refractivity contribution in [2.75, 3.05) is 6.54 Å². The van der Waals surface area contributed by atoms with E-state index >= 15 is 0 Å². The molecule has 0 aliphatic carbocycles. The summed E-state index contributed by atoms with van der Waals surface area (Å²) in [5.74, 6) is 0. The van der Waals surface area contributed by atoms with Gasteiger partial charge < -0.3 is 10.4 Å². The number of halogens is 1. The molecule has 0 amide bonds. The van der Waals surface area contributed by atoms with Gasteiger partial charge in [0.1, 0.15) is 0 Å². The van der Waals surface area contributed by atoms with Crippen LogP contribution in [0.5, 0.6) is 0 Å². The molecule has 14 heavy (non-hydrogen) atoms. The molecule has 0 aliphatic heterocycles. The lowest BCUT2D eigenvalue weighted by Gasteiger charge is -2.09. The molecule has 0 spiro atoms. The maximum Gasteiger partial charge on any atom is 0.0662 e. The first-order valence-corrected chi connectivity index (χ1v) is 5.65. The summed E-state index contributed by atoms with van der Waals surface area (Å²) >= 11 is 3.39. The molecule has 1 atom stereocenters. The average Bonchev–Trinajstić information content (AvgIpc) is 2.21. The van der Waals surface area contributed by atoms with Crippen molar-refractivity contribution in [1.82, 2.24) is 5.32 Å². The van der Waals surface area contributed by atoms with Crippen molar-refractivity contribution in [2.24, 2.45) is 0 Å². The second kappa shape index (κ2) is 6.17. The fourth-order valence-electron chi connectivity index (χ4n) is 1.13. The van der Waals surface area contributed by atoms with Crippen LogP contribution in [0.2, 0.25) is 0 Å². The number of hydrogen-bond donors (Lipinski definition) is 2. The molecule has 1 aromatic rings. The summed E-state index contributed by atoms with van der Waals surface area (Å²) in [6, 6.07) is 8.17. The lowest BCUT2D eigenvalue weighted by Crippen LogP contribution is -2.25. The second-order valence-electron chi connectivity index (χ2n) is 3.32. The molecule has 0 fully saturated rings. The molecule has 2 N–H and O–H groups in total. The van der Waals surface area contributed by atoms with Gasteiger partial charge in [-0.25, -0.2) is 0 Å². The van der Waals surface area contributed by atoms with Gasteiger partial charge in [-0.3, -0.25) is 0 Å². The number of hydrogen-bond acceptors (Lipinski definition) is 2. The normalized spacial score (nSPS) is 12.8. The minimum atomic E-state index is -0.231. The first-order valence-electron chi connectivity index (χ1n) is 4.85. The first-order chi connectivity index (χ1) is 6.72. The molecule has 1 aromatic carbocycles. The molecule has 2 nitrogen and oxygen atoms in total. The van der Waals surface area contributed by atoms with Gasteiger partial charge in [0.2, 0.25) is 0 Å². The Morgan fingerprint density at radius 2 is 2.00 bits per heavy atom. The van der Waals surface area contributed by atoms with Crippen LogP contribution in [-0.2, 0) is 6.54 Å². The zero-order valence-corrected chi connectivity index (χ0v) is 9.92. The number of aliphatic hydroxyl groups is 1. The highest BCUT2D eigenvalue weighted by Crippen LogP contribution is 2.10. The van der Waals surface area contributed by atoms with E-state index in [2.05, 4.69) is 33.4 Å². The van der Waals surface area contributed by atoms with Gasteiger partial charge in [-0.1, -0.05) is 35.0 Å². The Labute approximate surface area is 93.5 Å². The average molecular weight is 258 g/mol. The van der Waals surface area contributed by atoms with Crippen LogP contribution in [-0.4, -0.2) is 17.8 Å². The van der Waals surface area contributed by atoms with Gasteiger partial charge in [-0.2, -0.15) is 0 Å². The first kappa shape index (κ1) is 11.7. The minimum absolute atomic E-state index is 0.231. The topological polar surface area (TPSA) is 32.3 Å². The molecular weight excluding hydrogens is 242 g/mol. The zero-order valence-electron chi connectivity index (χ0n) is 8.33. The van der Waals surface area contributed by atoms with E-state index in [4.69, 9.17) is 0 Å². The third-order valence-electron chi connectivity index (χ3n) is 2.09. The van der Waals surface area contributed by atoms with Gasteiger partial charge in [0.25, 0.3) is 0 Å². The van der Waals surface area contributed by atoms with E-state index in [1.54, 1.807) is 0 Å². The molecule has 78 valence electrons. The summed E-state index contributed by atoms with van der Waals surface area (Å²) < 4.78 is 1.09. The second-order valence-corrected chi connectivity index (χ2v) is 4.24. The highest BCUT2D eigenvalue weighted by Gasteiger charge is 1.99. The Kier molecular flexibility index (Phi) is 5.15. The van der Waals surface area contributed by atoms with Crippen molar-refractivity contribution >= 4 is 15.9 Å². The number of nitrogens with one attached hydrogen (secondary N) is 1. The van der Waals surface area contributed by atoms with E-state index in [-0.39, 0.29) is 6.10 Å². The van der Waals surface area contributed by atoms with Crippen LogP contribution in [0.3, 0.4) is 0 Å². The van der Waals surface area contributed by atoms with E-state index in [0.717, 1.165) is 17.4 Å². The molecule has 0 saturated heterocycles. The molecule has 1 unspecified atom stereocenters. The number of aliphatic hydroxyl groups excluding tert-OH is 1. The summed E-state index contributed by atoms with van der Waals surface area (Å²) in [5, 5.41) is 12.5. The summed E-state index contributed by atoms with van der Waals surface area (Å²) in [4.78, 5) is 0. The summed E-state index contributed by atoms with van der Waals surface area (Å²) in [6.45, 7) is 3.45. The van der Waals surface area contributed by atoms with Crippen LogP contribution in [0.4, 0.5) is 0 Å². The van der Waals surface area contributed by atoms with Crippen molar-refractivity contribution in [2.45, 2.75) is 26.0 Å². The quantitative estimate of drug-likeness (QED) is 0.849. The minimum Gasteiger partial charge on any atom is -0.392 e. The largest absolute Gasteiger partial charge is 0.392 e. The third kappa shape index (κ3) is 4.22.